The van der Waals surface area contributed by atoms with Gasteiger partial charge in [0.25, 0.3) is 0 Å². The summed E-state index contributed by atoms with van der Waals surface area (Å²) >= 11 is 0. The van der Waals surface area contributed by atoms with Gasteiger partial charge in [-0.3, -0.25) is 4.68 Å². The number of nitrogens with two attached hydrogens (primary N) is 1. The molecule has 1 aromatic heterocycles. The summed E-state index contributed by atoms with van der Waals surface area (Å²) in [6.07, 6.45) is 2.34. The van der Waals surface area contributed by atoms with Gasteiger partial charge in [0.05, 0.1) is 6.20 Å². The summed E-state index contributed by atoms with van der Waals surface area (Å²) in [5.74, 6) is -1.02. The van der Waals surface area contributed by atoms with Crippen molar-refractivity contribution in [3.05, 3.63) is 36.0 Å². The highest BCUT2D eigenvalue weighted by molar-refractivity contribution is 5.58. The molecule has 0 spiro atoms. The Morgan fingerprint density at radius 3 is 2.88 bits per heavy atom. The van der Waals surface area contributed by atoms with Gasteiger partial charge in [-0.05, 0) is 31.2 Å². The Bertz CT molecular complexity index is 510. The Kier molecular flexibility index (Phi) is 3.43. The Labute approximate surface area is 97.0 Å². The van der Waals surface area contributed by atoms with E-state index < -0.39 is 11.6 Å². The summed E-state index contributed by atoms with van der Waals surface area (Å²) in [4.78, 5) is 0. The molecule has 1 aromatic carbocycles. The molecular formula is C11H12F2N4. The zero-order valence-electron chi connectivity index (χ0n) is 9.11. The first-order valence-electron chi connectivity index (χ1n) is 5.26. The van der Waals surface area contributed by atoms with Crippen LogP contribution in [0.15, 0.2) is 24.4 Å². The van der Waals surface area contributed by atoms with E-state index in [1.54, 1.807) is 10.9 Å². The van der Waals surface area contributed by atoms with Crippen LogP contribution in [0, 0.1) is 11.6 Å². The number of nitrogens with zero attached hydrogens (tertiary/aromatic N) is 3. The molecule has 0 fully saturated rings. The Morgan fingerprint density at radius 1 is 1.29 bits per heavy atom. The smallest absolute Gasteiger partial charge is 0.132 e. The molecule has 0 radical (unpaired) electrons. The lowest BCUT2D eigenvalue weighted by atomic mass is 10.1. The van der Waals surface area contributed by atoms with Gasteiger partial charge in [-0.15, -0.1) is 5.10 Å². The SMILES string of the molecule is NCCCn1cc(-c2cc(F)ccc2F)nn1. The number of rotatable bonds is 4. The molecule has 0 aliphatic carbocycles. The topological polar surface area (TPSA) is 56.7 Å². The van der Waals surface area contributed by atoms with E-state index in [9.17, 15) is 8.78 Å². The maximum absolute atomic E-state index is 13.5. The van der Waals surface area contributed by atoms with E-state index in [-0.39, 0.29) is 5.56 Å². The van der Waals surface area contributed by atoms with Crippen LogP contribution in [0.25, 0.3) is 11.3 Å². The highest BCUT2D eigenvalue weighted by atomic mass is 19.1. The molecule has 0 saturated heterocycles. The van der Waals surface area contributed by atoms with Crippen molar-refractivity contribution >= 4 is 0 Å². The molecular weight excluding hydrogens is 226 g/mol. The van der Waals surface area contributed by atoms with Gasteiger partial charge in [0.15, 0.2) is 0 Å². The minimum atomic E-state index is -0.516. The third kappa shape index (κ3) is 2.65. The van der Waals surface area contributed by atoms with Crippen molar-refractivity contribution in [2.24, 2.45) is 5.73 Å². The summed E-state index contributed by atoms with van der Waals surface area (Å²) in [5, 5.41) is 7.63. The van der Waals surface area contributed by atoms with Crippen LogP contribution in [0.5, 0.6) is 0 Å². The molecule has 0 unspecified atom stereocenters. The van der Waals surface area contributed by atoms with Gasteiger partial charge in [0.1, 0.15) is 17.3 Å². The lowest BCUT2D eigenvalue weighted by Gasteiger charge is -1.98. The van der Waals surface area contributed by atoms with Gasteiger partial charge in [0, 0.05) is 12.1 Å². The monoisotopic (exact) mass is 238 g/mol. The summed E-state index contributed by atoms with van der Waals surface area (Å²) in [5.41, 5.74) is 5.80. The number of halogens is 2. The van der Waals surface area contributed by atoms with Gasteiger partial charge in [-0.1, -0.05) is 5.21 Å². The van der Waals surface area contributed by atoms with Crippen LogP contribution in [0.3, 0.4) is 0 Å². The number of hydrogen-bond donors (Lipinski definition) is 1. The normalized spacial score (nSPS) is 10.8. The number of aromatic nitrogens is 3. The van der Waals surface area contributed by atoms with E-state index in [0.29, 0.717) is 18.8 Å². The van der Waals surface area contributed by atoms with Crippen LogP contribution >= 0.6 is 0 Å². The molecule has 4 nitrogen and oxygen atoms in total. The lowest BCUT2D eigenvalue weighted by molar-refractivity contribution is 0.564. The standard InChI is InChI=1S/C11H12F2N4/c12-8-2-3-10(13)9(6-8)11-7-17(16-15-11)5-1-4-14/h2-3,6-7H,1,4-5,14H2. The first-order valence-corrected chi connectivity index (χ1v) is 5.26. The fourth-order valence-corrected chi connectivity index (χ4v) is 1.48. The average Bonchev–Trinajstić information content (AvgIpc) is 2.78. The molecule has 0 aliphatic rings. The second-order valence-electron chi connectivity index (χ2n) is 3.63. The van der Waals surface area contributed by atoms with Gasteiger partial charge >= 0.3 is 0 Å². The molecule has 0 saturated carbocycles. The third-order valence-electron chi connectivity index (χ3n) is 2.33. The van der Waals surface area contributed by atoms with Gasteiger partial charge in [0.2, 0.25) is 0 Å². The van der Waals surface area contributed by atoms with E-state index in [2.05, 4.69) is 10.3 Å². The van der Waals surface area contributed by atoms with Crippen LogP contribution < -0.4 is 5.73 Å². The summed E-state index contributed by atoms with van der Waals surface area (Å²) in [6.45, 7) is 1.16. The van der Waals surface area contributed by atoms with Gasteiger partial charge in [-0.25, -0.2) is 8.78 Å². The van der Waals surface area contributed by atoms with Gasteiger partial charge < -0.3 is 5.73 Å². The second kappa shape index (κ2) is 5.01. The predicted octanol–water partition coefficient (Wildman–Crippen LogP) is 1.57. The average molecular weight is 238 g/mol. The van der Waals surface area contributed by atoms with E-state index in [4.69, 9.17) is 5.73 Å². The molecule has 1 heterocycles. The van der Waals surface area contributed by atoms with Gasteiger partial charge in [-0.2, -0.15) is 0 Å². The molecule has 2 aromatic rings. The third-order valence-corrected chi connectivity index (χ3v) is 2.33. The molecule has 0 aliphatic heterocycles. The number of hydrogen-bond acceptors (Lipinski definition) is 3. The number of aryl methyl sites for hydroxylation is 1. The lowest BCUT2D eigenvalue weighted by Crippen LogP contribution is -2.06. The molecule has 0 amide bonds. The summed E-state index contributed by atoms with van der Waals surface area (Å²) < 4.78 is 28.0. The van der Waals surface area contributed by atoms with Crippen molar-refractivity contribution in [1.82, 2.24) is 15.0 Å². The van der Waals surface area contributed by atoms with E-state index >= 15 is 0 Å². The summed E-state index contributed by atoms with van der Waals surface area (Å²) in [7, 11) is 0. The molecule has 90 valence electrons. The van der Waals surface area contributed by atoms with Crippen molar-refractivity contribution in [3.63, 3.8) is 0 Å². The Balaban J connectivity index is 2.27. The molecule has 2 N–H and O–H groups in total. The molecule has 0 bridgehead atoms. The van der Waals surface area contributed by atoms with Crippen LogP contribution in [0.4, 0.5) is 8.78 Å². The van der Waals surface area contributed by atoms with Crippen molar-refractivity contribution in [3.8, 4) is 11.3 Å². The largest absolute Gasteiger partial charge is 0.330 e. The molecule has 0 atom stereocenters. The number of benzene rings is 1. The minimum absolute atomic E-state index is 0.115. The van der Waals surface area contributed by atoms with E-state index in [1.165, 1.54) is 0 Å². The Morgan fingerprint density at radius 2 is 2.12 bits per heavy atom. The molecule has 17 heavy (non-hydrogen) atoms. The van der Waals surface area contributed by atoms with Crippen LogP contribution in [-0.2, 0) is 6.54 Å². The predicted molar refractivity (Wildman–Crippen MR) is 59.0 cm³/mol. The first kappa shape index (κ1) is 11.7. The summed E-state index contributed by atoms with van der Waals surface area (Å²) in [6, 6.07) is 3.24. The molecule has 2 rings (SSSR count). The zero-order chi connectivity index (χ0) is 12.3. The quantitative estimate of drug-likeness (QED) is 0.879. The van der Waals surface area contributed by atoms with Crippen molar-refractivity contribution in [2.75, 3.05) is 6.54 Å². The first-order chi connectivity index (χ1) is 8.20. The second-order valence-corrected chi connectivity index (χ2v) is 3.63. The fraction of sp³-hybridized carbons (Fsp3) is 0.273. The highest BCUT2D eigenvalue weighted by Gasteiger charge is 2.10. The van der Waals surface area contributed by atoms with Crippen molar-refractivity contribution in [2.45, 2.75) is 13.0 Å². The van der Waals surface area contributed by atoms with E-state index in [0.717, 1.165) is 24.6 Å². The maximum atomic E-state index is 13.5. The van der Waals surface area contributed by atoms with Crippen LogP contribution in [0.2, 0.25) is 0 Å². The minimum Gasteiger partial charge on any atom is -0.330 e. The van der Waals surface area contributed by atoms with Crippen LogP contribution in [0.1, 0.15) is 6.42 Å². The fourth-order valence-electron chi connectivity index (χ4n) is 1.48. The van der Waals surface area contributed by atoms with Crippen molar-refractivity contribution in [1.29, 1.82) is 0 Å². The zero-order valence-corrected chi connectivity index (χ0v) is 9.11. The van der Waals surface area contributed by atoms with E-state index in [1.807, 2.05) is 0 Å². The molecule has 6 heteroatoms. The Hall–Kier alpha value is -1.82. The maximum Gasteiger partial charge on any atom is 0.132 e. The van der Waals surface area contributed by atoms with Crippen LogP contribution in [-0.4, -0.2) is 21.5 Å². The van der Waals surface area contributed by atoms with Crippen molar-refractivity contribution < 1.29 is 8.78 Å². The highest BCUT2D eigenvalue weighted by Crippen LogP contribution is 2.21.